The van der Waals surface area contributed by atoms with Crippen LogP contribution < -0.4 is 4.74 Å². The van der Waals surface area contributed by atoms with E-state index in [0.29, 0.717) is 5.92 Å². The first-order chi connectivity index (χ1) is 8.54. The molecule has 3 nitrogen and oxygen atoms in total. The number of hydrogen-bond donors (Lipinski definition) is 1. The zero-order valence-electron chi connectivity index (χ0n) is 10.9. The lowest BCUT2D eigenvalue weighted by Gasteiger charge is -2.11. The van der Waals surface area contributed by atoms with E-state index in [9.17, 15) is 4.79 Å². The maximum Gasteiger partial charge on any atom is 0.328 e. The SMILES string of the molecule is COc1ccc(/C(=C\C=C\C(=O)O)C(C)C)cc1. The van der Waals surface area contributed by atoms with E-state index in [4.69, 9.17) is 9.84 Å². The minimum absolute atomic E-state index is 0.317. The van der Waals surface area contributed by atoms with Gasteiger partial charge in [-0.3, -0.25) is 0 Å². The average Bonchev–Trinajstić information content (AvgIpc) is 2.34. The molecule has 0 saturated carbocycles. The number of carbonyl (C=O) groups is 1. The molecule has 0 aromatic heterocycles. The van der Waals surface area contributed by atoms with Gasteiger partial charge in [0.15, 0.2) is 0 Å². The molecule has 0 spiro atoms. The van der Waals surface area contributed by atoms with Gasteiger partial charge in [0.05, 0.1) is 7.11 Å². The van der Waals surface area contributed by atoms with Crippen LogP contribution in [0.15, 0.2) is 42.5 Å². The van der Waals surface area contributed by atoms with Gasteiger partial charge in [0.25, 0.3) is 0 Å². The molecule has 0 fully saturated rings. The van der Waals surface area contributed by atoms with Crippen molar-refractivity contribution >= 4 is 11.5 Å². The summed E-state index contributed by atoms with van der Waals surface area (Å²) >= 11 is 0. The molecule has 0 bridgehead atoms. The molecule has 0 radical (unpaired) electrons. The van der Waals surface area contributed by atoms with Crippen LogP contribution in [0, 0.1) is 5.92 Å². The van der Waals surface area contributed by atoms with E-state index in [2.05, 4.69) is 13.8 Å². The Morgan fingerprint density at radius 2 is 1.89 bits per heavy atom. The Balaban J connectivity index is 3.00. The van der Waals surface area contributed by atoms with Crippen LogP contribution in [-0.2, 0) is 4.79 Å². The van der Waals surface area contributed by atoms with Crippen molar-refractivity contribution in [1.82, 2.24) is 0 Å². The highest BCUT2D eigenvalue weighted by atomic mass is 16.5. The summed E-state index contributed by atoms with van der Waals surface area (Å²) in [5.41, 5.74) is 2.16. The molecule has 96 valence electrons. The molecule has 0 aliphatic carbocycles. The molecule has 0 aliphatic rings. The van der Waals surface area contributed by atoms with Crippen molar-refractivity contribution in [2.24, 2.45) is 5.92 Å². The third kappa shape index (κ3) is 4.09. The van der Waals surface area contributed by atoms with Gasteiger partial charge in [0, 0.05) is 6.08 Å². The van der Waals surface area contributed by atoms with Gasteiger partial charge in [-0.15, -0.1) is 0 Å². The van der Waals surface area contributed by atoms with Crippen molar-refractivity contribution in [1.29, 1.82) is 0 Å². The number of hydrogen-bond acceptors (Lipinski definition) is 2. The molecular formula is C15H18O3. The summed E-state index contributed by atoms with van der Waals surface area (Å²) in [7, 11) is 1.63. The van der Waals surface area contributed by atoms with Crippen LogP contribution in [0.3, 0.4) is 0 Å². The fourth-order valence-electron chi connectivity index (χ4n) is 1.64. The van der Waals surface area contributed by atoms with Crippen LogP contribution in [0.4, 0.5) is 0 Å². The fourth-order valence-corrected chi connectivity index (χ4v) is 1.64. The summed E-state index contributed by atoms with van der Waals surface area (Å²) in [6.45, 7) is 4.15. The van der Waals surface area contributed by atoms with Crippen molar-refractivity contribution in [3.8, 4) is 5.75 Å². The predicted octanol–water partition coefficient (Wildman–Crippen LogP) is 3.38. The maximum absolute atomic E-state index is 10.4. The van der Waals surface area contributed by atoms with Crippen LogP contribution in [-0.4, -0.2) is 18.2 Å². The molecule has 18 heavy (non-hydrogen) atoms. The molecule has 0 unspecified atom stereocenters. The lowest BCUT2D eigenvalue weighted by atomic mass is 9.95. The zero-order chi connectivity index (χ0) is 13.5. The zero-order valence-corrected chi connectivity index (χ0v) is 10.9. The highest BCUT2D eigenvalue weighted by Gasteiger charge is 2.05. The molecule has 0 saturated heterocycles. The number of benzene rings is 1. The van der Waals surface area contributed by atoms with E-state index in [1.54, 1.807) is 13.2 Å². The number of allylic oxidation sites excluding steroid dienone is 3. The Bertz CT molecular complexity index is 453. The Kier molecular flexibility index (Phi) is 5.18. The molecule has 3 heteroatoms. The first kappa shape index (κ1) is 14.0. The molecule has 0 amide bonds. The van der Waals surface area contributed by atoms with E-state index >= 15 is 0 Å². The monoisotopic (exact) mass is 246 g/mol. The second-order valence-electron chi connectivity index (χ2n) is 4.20. The number of rotatable bonds is 5. The van der Waals surface area contributed by atoms with E-state index in [0.717, 1.165) is 23.0 Å². The van der Waals surface area contributed by atoms with Crippen LogP contribution in [0.5, 0.6) is 5.75 Å². The van der Waals surface area contributed by atoms with E-state index in [-0.39, 0.29) is 0 Å². The second-order valence-corrected chi connectivity index (χ2v) is 4.20. The molecule has 1 N–H and O–H groups in total. The lowest BCUT2D eigenvalue weighted by Crippen LogP contribution is -1.94. The summed E-state index contributed by atoms with van der Waals surface area (Å²) < 4.78 is 5.11. The third-order valence-electron chi connectivity index (χ3n) is 2.56. The minimum Gasteiger partial charge on any atom is -0.497 e. The normalized spacial score (nSPS) is 12.1. The van der Waals surface area contributed by atoms with E-state index in [1.807, 2.05) is 30.3 Å². The van der Waals surface area contributed by atoms with Crippen LogP contribution in [0.1, 0.15) is 19.4 Å². The topological polar surface area (TPSA) is 46.5 Å². The minimum atomic E-state index is -0.941. The second kappa shape index (κ2) is 6.64. The molecule has 1 aromatic carbocycles. The van der Waals surface area contributed by atoms with Gasteiger partial charge in [0.2, 0.25) is 0 Å². The van der Waals surface area contributed by atoms with Crippen molar-refractivity contribution in [3.63, 3.8) is 0 Å². The van der Waals surface area contributed by atoms with E-state index in [1.165, 1.54) is 0 Å². The Hall–Kier alpha value is -2.03. The largest absolute Gasteiger partial charge is 0.497 e. The van der Waals surface area contributed by atoms with Gasteiger partial charge < -0.3 is 9.84 Å². The molecular weight excluding hydrogens is 228 g/mol. The number of ether oxygens (including phenoxy) is 1. The van der Waals surface area contributed by atoms with Crippen molar-refractivity contribution in [2.45, 2.75) is 13.8 Å². The molecule has 0 aliphatic heterocycles. The number of aliphatic carboxylic acids is 1. The van der Waals surface area contributed by atoms with Gasteiger partial charge in [-0.05, 0) is 29.2 Å². The summed E-state index contributed by atoms with van der Waals surface area (Å²) in [4.78, 5) is 10.4. The summed E-state index contributed by atoms with van der Waals surface area (Å²) in [5.74, 6) is 0.184. The standard InChI is InChI=1S/C15H18O3/c1-11(2)14(5-4-6-15(16)17)12-7-9-13(18-3)10-8-12/h4-11H,1-3H3,(H,16,17)/b6-4+,14-5-. The number of carboxylic acid groups (broad SMARTS) is 1. The first-order valence-electron chi connectivity index (χ1n) is 5.80. The Morgan fingerprint density at radius 1 is 1.28 bits per heavy atom. The predicted molar refractivity (Wildman–Crippen MR) is 72.6 cm³/mol. The van der Waals surface area contributed by atoms with E-state index < -0.39 is 5.97 Å². The van der Waals surface area contributed by atoms with Gasteiger partial charge in [-0.1, -0.05) is 38.1 Å². The van der Waals surface area contributed by atoms with Crippen LogP contribution >= 0.6 is 0 Å². The summed E-state index contributed by atoms with van der Waals surface area (Å²) in [6.07, 6.45) is 4.52. The quantitative estimate of drug-likeness (QED) is 0.640. The lowest BCUT2D eigenvalue weighted by molar-refractivity contribution is -0.131. The molecule has 1 rings (SSSR count). The van der Waals surface area contributed by atoms with Crippen molar-refractivity contribution < 1.29 is 14.6 Å². The van der Waals surface area contributed by atoms with Gasteiger partial charge in [-0.25, -0.2) is 4.79 Å². The maximum atomic E-state index is 10.4. The highest BCUT2D eigenvalue weighted by Crippen LogP contribution is 2.25. The number of methoxy groups -OCH3 is 1. The highest BCUT2D eigenvalue weighted by molar-refractivity contribution is 5.81. The van der Waals surface area contributed by atoms with Crippen LogP contribution in [0.2, 0.25) is 0 Å². The van der Waals surface area contributed by atoms with Gasteiger partial charge in [-0.2, -0.15) is 0 Å². The smallest absolute Gasteiger partial charge is 0.328 e. The summed E-state index contributed by atoms with van der Waals surface area (Å²) in [6, 6.07) is 7.73. The average molecular weight is 246 g/mol. The fraction of sp³-hybridized carbons (Fsp3) is 0.267. The molecule has 0 atom stereocenters. The van der Waals surface area contributed by atoms with Crippen LogP contribution in [0.25, 0.3) is 5.57 Å². The van der Waals surface area contributed by atoms with Crippen molar-refractivity contribution in [3.05, 3.63) is 48.1 Å². The molecule has 1 aromatic rings. The Morgan fingerprint density at radius 3 is 2.33 bits per heavy atom. The molecule has 0 heterocycles. The first-order valence-corrected chi connectivity index (χ1v) is 5.80. The van der Waals surface area contributed by atoms with Gasteiger partial charge >= 0.3 is 5.97 Å². The summed E-state index contributed by atoms with van der Waals surface area (Å²) in [5, 5.41) is 8.57. The Labute approximate surface area is 107 Å². The van der Waals surface area contributed by atoms with Gasteiger partial charge in [0.1, 0.15) is 5.75 Å². The number of carboxylic acids is 1. The third-order valence-corrected chi connectivity index (χ3v) is 2.56. The van der Waals surface area contributed by atoms with Crippen molar-refractivity contribution in [2.75, 3.05) is 7.11 Å².